The summed E-state index contributed by atoms with van der Waals surface area (Å²) in [6.45, 7) is 4.78. The smallest absolute Gasteiger partial charge is 0.223 e. The molecule has 3 nitrogen and oxygen atoms in total. The minimum Gasteiger partial charge on any atom is -0.349 e. The summed E-state index contributed by atoms with van der Waals surface area (Å²) in [7, 11) is 0. The Kier molecular flexibility index (Phi) is 7.58. The van der Waals surface area contributed by atoms with E-state index in [1.807, 2.05) is 12.1 Å². The average molecular weight is 459 g/mol. The SMILES string of the molecule is CCC(NC(=O)C1CCN(Cc2ccc(Cl)cc2Cl)CC1)c1ccc2c(c1)CCCC2. The highest BCUT2D eigenvalue weighted by Gasteiger charge is 2.27. The van der Waals surface area contributed by atoms with Crippen molar-refractivity contribution < 1.29 is 4.79 Å². The van der Waals surface area contributed by atoms with Crippen LogP contribution >= 0.6 is 23.2 Å². The van der Waals surface area contributed by atoms with E-state index in [9.17, 15) is 4.79 Å². The molecule has 1 unspecified atom stereocenters. The number of fused-ring (bicyclic) bond motifs is 1. The van der Waals surface area contributed by atoms with Crippen molar-refractivity contribution in [1.82, 2.24) is 10.2 Å². The third-order valence-electron chi connectivity index (χ3n) is 6.87. The first-order valence-corrected chi connectivity index (χ1v) is 12.4. The topological polar surface area (TPSA) is 32.3 Å². The summed E-state index contributed by atoms with van der Waals surface area (Å²) in [6.07, 6.45) is 7.62. The van der Waals surface area contributed by atoms with E-state index in [1.165, 1.54) is 42.4 Å². The molecule has 1 amide bonds. The maximum atomic E-state index is 13.0. The van der Waals surface area contributed by atoms with Crippen molar-refractivity contribution in [2.24, 2.45) is 5.92 Å². The summed E-state index contributed by atoms with van der Waals surface area (Å²) in [4.78, 5) is 15.4. The van der Waals surface area contributed by atoms with Gasteiger partial charge in [-0.2, -0.15) is 0 Å². The number of amides is 1. The lowest BCUT2D eigenvalue weighted by Gasteiger charge is -2.32. The lowest BCUT2D eigenvalue weighted by atomic mass is 9.88. The molecule has 2 aliphatic rings. The van der Waals surface area contributed by atoms with E-state index in [4.69, 9.17) is 23.2 Å². The minimum atomic E-state index is 0.0867. The van der Waals surface area contributed by atoms with Crippen LogP contribution in [0.3, 0.4) is 0 Å². The molecule has 1 aliphatic carbocycles. The maximum absolute atomic E-state index is 13.0. The lowest BCUT2D eigenvalue weighted by Crippen LogP contribution is -2.41. The molecule has 1 saturated heterocycles. The van der Waals surface area contributed by atoms with Gasteiger partial charge in [0.05, 0.1) is 6.04 Å². The fourth-order valence-corrected chi connectivity index (χ4v) is 5.39. The minimum absolute atomic E-state index is 0.0867. The Morgan fingerprint density at radius 2 is 1.81 bits per heavy atom. The van der Waals surface area contributed by atoms with Crippen LogP contribution in [0.2, 0.25) is 10.0 Å². The third kappa shape index (κ3) is 5.63. The summed E-state index contributed by atoms with van der Waals surface area (Å²) in [5, 5.41) is 4.72. The molecule has 0 spiro atoms. The van der Waals surface area contributed by atoms with E-state index in [0.29, 0.717) is 10.0 Å². The molecular weight excluding hydrogens is 427 g/mol. The van der Waals surface area contributed by atoms with Crippen molar-refractivity contribution in [2.45, 2.75) is 64.5 Å². The number of aryl methyl sites for hydroxylation is 2. The molecule has 4 rings (SSSR count). The van der Waals surface area contributed by atoms with Gasteiger partial charge in [0.25, 0.3) is 0 Å². The van der Waals surface area contributed by atoms with Crippen LogP contribution in [0.5, 0.6) is 0 Å². The van der Waals surface area contributed by atoms with Crippen LogP contribution in [0.25, 0.3) is 0 Å². The Labute approximate surface area is 196 Å². The highest BCUT2D eigenvalue weighted by molar-refractivity contribution is 6.35. The Balaban J connectivity index is 1.31. The van der Waals surface area contributed by atoms with Crippen molar-refractivity contribution in [3.63, 3.8) is 0 Å². The molecule has 1 N–H and O–H groups in total. The number of carbonyl (C=O) groups excluding carboxylic acids is 1. The van der Waals surface area contributed by atoms with Gasteiger partial charge < -0.3 is 5.32 Å². The average Bonchev–Trinajstić information content (AvgIpc) is 2.79. The highest BCUT2D eigenvalue weighted by Crippen LogP contribution is 2.28. The van der Waals surface area contributed by atoms with Gasteiger partial charge in [-0.25, -0.2) is 0 Å². The van der Waals surface area contributed by atoms with Crippen LogP contribution in [0.1, 0.15) is 67.3 Å². The molecule has 1 heterocycles. The molecule has 31 heavy (non-hydrogen) atoms. The fraction of sp³-hybridized carbons (Fsp3) is 0.500. The van der Waals surface area contributed by atoms with E-state index in [1.54, 1.807) is 6.07 Å². The predicted molar refractivity (Wildman–Crippen MR) is 129 cm³/mol. The van der Waals surface area contributed by atoms with Gasteiger partial charge in [0.15, 0.2) is 0 Å². The second-order valence-electron chi connectivity index (χ2n) is 8.99. The Morgan fingerprint density at radius 1 is 1.06 bits per heavy atom. The van der Waals surface area contributed by atoms with Gasteiger partial charge in [0.2, 0.25) is 5.91 Å². The van der Waals surface area contributed by atoms with Gasteiger partial charge in [-0.1, -0.05) is 54.4 Å². The molecule has 166 valence electrons. The Hall–Kier alpha value is -1.55. The zero-order valence-electron chi connectivity index (χ0n) is 18.3. The number of nitrogens with one attached hydrogen (secondary N) is 1. The first-order chi connectivity index (χ1) is 15.0. The first-order valence-electron chi connectivity index (χ1n) is 11.6. The quantitative estimate of drug-likeness (QED) is 0.546. The Morgan fingerprint density at radius 3 is 2.52 bits per heavy atom. The van der Waals surface area contributed by atoms with Crippen LogP contribution in [0.4, 0.5) is 0 Å². The van der Waals surface area contributed by atoms with Crippen LogP contribution in [-0.2, 0) is 24.2 Å². The standard InChI is InChI=1S/C26H32Cl2N2O/c1-2-25(21-8-7-18-5-3-4-6-20(18)15-21)29-26(31)19-11-13-30(14-12-19)17-22-9-10-23(27)16-24(22)28/h7-10,15-16,19,25H,2-6,11-14,17H2,1H3,(H,29,31). The molecule has 2 aromatic carbocycles. The molecule has 0 saturated carbocycles. The lowest BCUT2D eigenvalue weighted by molar-refractivity contribution is -0.127. The molecule has 0 aromatic heterocycles. The first kappa shape index (κ1) is 22.6. The van der Waals surface area contributed by atoms with E-state index in [0.717, 1.165) is 44.5 Å². The summed E-state index contributed by atoms with van der Waals surface area (Å²) >= 11 is 12.3. The predicted octanol–water partition coefficient (Wildman–Crippen LogP) is 6.35. The third-order valence-corrected chi connectivity index (χ3v) is 7.45. The van der Waals surface area contributed by atoms with Gasteiger partial charge in [-0.3, -0.25) is 9.69 Å². The van der Waals surface area contributed by atoms with Crippen molar-refractivity contribution in [2.75, 3.05) is 13.1 Å². The van der Waals surface area contributed by atoms with Crippen LogP contribution in [0, 0.1) is 5.92 Å². The zero-order valence-corrected chi connectivity index (χ0v) is 19.8. The number of hydrogen-bond acceptors (Lipinski definition) is 2. The summed E-state index contributed by atoms with van der Waals surface area (Å²) in [5.74, 6) is 0.289. The van der Waals surface area contributed by atoms with Gasteiger partial charge in [0, 0.05) is 22.5 Å². The van der Waals surface area contributed by atoms with Gasteiger partial charge in [-0.05, 0) is 92.4 Å². The molecule has 1 aliphatic heterocycles. The van der Waals surface area contributed by atoms with Gasteiger partial charge >= 0.3 is 0 Å². The van der Waals surface area contributed by atoms with Crippen molar-refractivity contribution in [3.05, 3.63) is 68.7 Å². The number of likely N-dealkylation sites (tertiary alicyclic amines) is 1. The molecule has 5 heteroatoms. The summed E-state index contributed by atoms with van der Waals surface area (Å²) in [5.41, 5.74) is 5.31. The number of benzene rings is 2. The fourth-order valence-electron chi connectivity index (χ4n) is 4.92. The van der Waals surface area contributed by atoms with Gasteiger partial charge in [0.1, 0.15) is 0 Å². The molecule has 0 radical (unpaired) electrons. The second-order valence-corrected chi connectivity index (χ2v) is 9.83. The van der Waals surface area contributed by atoms with E-state index in [-0.39, 0.29) is 17.9 Å². The van der Waals surface area contributed by atoms with Crippen LogP contribution in [-0.4, -0.2) is 23.9 Å². The van der Waals surface area contributed by atoms with E-state index >= 15 is 0 Å². The number of halogens is 2. The number of piperidine rings is 1. The monoisotopic (exact) mass is 458 g/mol. The Bertz CT molecular complexity index is 922. The van der Waals surface area contributed by atoms with Crippen LogP contribution < -0.4 is 5.32 Å². The van der Waals surface area contributed by atoms with E-state index in [2.05, 4.69) is 35.3 Å². The highest BCUT2D eigenvalue weighted by atomic mass is 35.5. The second kappa shape index (κ2) is 10.4. The van der Waals surface area contributed by atoms with Crippen molar-refractivity contribution in [1.29, 1.82) is 0 Å². The number of rotatable bonds is 6. The molecular formula is C26H32Cl2N2O. The molecule has 1 atom stereocenters. The van der Waals surface area contributed by atoms with Crippen molar-refractivity contribution in [3.8, 4) is 0 Å². The maximum Gasteiger partial charge on any atom is 0.223 e. The summed E-state index contributed by atoms with van der Waals surface area (Å²) < 4.78 is 0. The summed E-state index contributed by atoms with van der Waals surface area (Å²) in [6, 6.07) is 12.6. The number of nitrogens with zero attached hydrogens (tertiary/aromatic N) is 1. The van der Waals surface area contributed by atoms with Crippen molar-refractivity contribution >= 4 is 29.1 Å². The molecule has 2 aromatic rings. The van der Waals surface area contributed by atoms with E-state index < -0.39 is 0 Å². The van der Waals surface area contributed by atoms with Gasteiger partial charge in [-0.15, -0.1) is 0 Å². The number of hydrogen-bond donors (Lipinski definition) is 1. The normalized spacial score (nSPS) is 18.4. The van der Waals surface area contributed by atoms with Crippen LogP contribution in [0.15, 0.2) is 36.4 Å². The molecule has 1 fully saturated rings. The molecule has 0 bridgehead atoms. The number of carbonyl (C=O) groups is 1. The largest absolute Gasteiger partial charge is 0.349 e. The zero-order chi connectivity index (χ0) is 21.8.